The third-order valence-corrected chi connectivity index (χ3v) is 2.13. The number of rotatable bonds is 3. The van der Waals surface area contributed by atoms with Crippen LogP contribution in [0.15, 0.2) is 24.3 Å². The molecular formula is C12H12O3. The molecule has 0 aliphatic carbocycles. The van der Waals surface area contributed by atoms with Crippen LogP contribution < -0.4 is 9.47 Å². The first kappa shape index (κ1) is 9.77. The second-order valence-corrected chi connectivity index (χ2v) is 3.18. The van der Waals surface area contributed by atoms with Gasteiger partial charge in [-0.05, 0) is 6.07 Å². The molecular weight excluding hydrogens is 192 g/mol. The van der Waals surface area contributed by atoms with Crippen molar-refractivity contribution in [3.8, 4) is 11.5 Å². The molecule has 0 bridgehead atoms. The quantitative estimate of drug-likeness (QED) is 0.707. The molecule has 0 unspecified atom stereocenters. The summed E-state index contributed by atoms with van der Waals surface area (Å²) in [5, 5.41) is 0. The molecule has 15 heavy (non-hydrogen) atoms. The maximum Gasteiger partial charge on any atom is 0.168 e. The van der Waals surface area contributed by atoms with Crippen LogP contribution in [-0.2, 0) is 4.79 Å². The first-order valence-corrected chi connectivity index (χ1v) is 4.90. The van der Waals surface area contributed by atoms with Crippen molar-refractivity contribution in [2.45, 2.75) is 6.42 Å². The van der Waals surface area contributed by atoms with Gasteiger partial charge in [-0.15, -0.1) is 0 Å². The van der Waals surface area contributed by atoms with Gasteiger partial charge in [0, 0.05) is 12.0 Å². The van der Waals surface area contributed by atoms with E-state index in [9.17, 15) is 4.79 Å². The molecule has 0 radical (unpaired) electrons. The maximum absolute atomic E-state index is 10.2. The highest BCUT2D eigenvalue weighted by atomic mass is 16.6. The zero-order valence-electron chi connectivity index (χ0n) is 8.31. The van der Waals surface area contributed by atoms with Crippen molar-refractivity contribution in [3.05, 3.63) is 29.8 Å². The van der Waals surface area contributed by atoms with Gasteiger partial charge in [-0.1, -0.05) is 24.3 Å². The van der Waals surface area contributed by atoms with Crippen LogP contribution >= 0.6 is 0 Å². The molecule has 3 heteroatoms. The molecule has 2 rings (SSSR count). The zero-order chi connectivity index (χ0) is 10.5. The number of aldehydes is 1. The summed E-state index contributed by atoms with van der Waals surface area (Å²) >= 11 is 0. The summed E-state index contributed by atoms with van der Waals surface area (Å²) in [6.45, 7) is 1.17. The summed E-state index contributed by atoms with van der Waals surface area (Å²) < 4.78 is 11.0. The van der Waals surface area contributed by atoms with E-state index >= 15 is 0 Å². The summed E-state index contributed by atoms with van der Waals surface area (Å²) in [6, 6.07) is 5.73. The Morgan fingerprint density at radius 3 is 3.00 bits per heavy atom. The lowest BCUT2D eigenvalue weighted by Crippen LogP contribution is -2.15. The minimum absolute atomic E-state index is 0.421. The number of para-hydroxylation sites is 1. The van der Waals surface area contributed by atoms with E-state index in [1.165, 1.54) is 0 Å². The smallest absolute Gasteiger partial charge is 0.168 e. The van der Waals surface area contributed by atoms with E-state index in [4.69, 9.17) is 9.47 Å². The number of carbonyl (C=O) groups excluding carboxylic acids is 1. The fraction of sp³-hybridized carbons (Fsp3) is 0.250. The number of allylic oxidation sites excluding steroid dienone is 1. The fourth-order valence-electron chi connectivity index (χ4n) is 1.48. The predicted octanol–water partition coefficient (Wildman–Crippen LogP) is 2.06. The van der Waals surface area contributed by atoms with Crippen LogP contribution in [0.1, 0.15) is 12.0 Å². The number of benzene rings is 1. The lowest BCUT2D eigenvalue weighted by atomic mass is 10.1. The minimum Gasteiger partial charge on any atom is -0.486 e. The van der Waals surface area contributed by atoms with Gasteiger partial charge in [0.1, 0.15) is 19.5 Å². The highest BCUT2D eigenvalue weighted by Gasteiger charge is 2.13. The van der Waals surface area contributed by atoms with Crippen molar-refractivity contribution < 1.29 is 14.3 Å². The van der Waals surface area contributed by atoms with E-state index in [2.05, 4.69) is 0 Å². The van der Waals surface area contributed by atoms with E-state index in [0.717, 1.165) is 23.3 Å². The predicted molar refractivity (Wildman–Crippen MR) is 57.1 cm³/mol. The van der Waals surface area contributed by atoms with Crippen LogP contribution in [0.5, 0.6) is 11.5 Å². The van der Waals surface area contributed by atoms with E-state index < -0.39 is 0 Å². The fourth-order valence-corrected chi connectivity index (χ4v) is 1.48. The van der Waals surface area contributed by atoms with Gasteiger partial charge in [0.05, 0.1) is 0 Å². The molecule has 0 fully saturated rings. The van der Waals surface area contributed by atoms with Gasteiger partial charge >= 0.3 is 0 Å². The molecule has 0 saturated heterocycles. The Balaban J connectivity index is 2.26. The average Bonchev–Trinajstić information content (AvgIpc) is 2.30. The summed E-state index contributed by atoms with van der Waals surface area (Å²) in [5.41, 5.74) is 0.953. The van der Waals surface area contributed by atoms with Crippen LogP contribution in [0.3, 0.4) is 0 Å². The Morgan fingerprint density at radius 1 is 1.27 bits per heavy atom. The SMILES string of the molecule is O=CCC=Cc1cccc2c1OCCO2. The molecule has 1 aliphatic heterocycles. The maximum atomic E-state index is 10.2. The van der Waals surface area contributed by atoms with Gasteiger partial charge in [-0.25, -0.2) is 0 Å². The topological polar surface area (TPSA) is 35.5 Å². The van der Waals surface area contributed by atoms with Crippen molar-refractivity contribution in [3.63, 3.8) is 0 Å². The van der Waals surface area contributed by atoms with E-state index in [1.54, 1.807) is 6.08 Å². The van der Waals surface area contributed by atoms with Crippen LogP contribution in [0.25, 0.3) is 6.08 Å². The molecule has 3 nitrogen and oxygen atoms in total. The second-order valence-electron chi connectivity index (χ2n) is 3.18. The second kappa shape index (κ2) is 4.64. The standard InChI is InChI=1S/C12H12O3/c13-7-2-1-4-10-5-3-6-11-12(10)15-9-8-14-11/h1,3-7H,2,8-9H2. The molecule has 1 aliphatic rings. The van der Waals surface area contributed by atoms with Gasteiger partial charge in [0.2, 0.25) is 0 Å². The Morgan fingerprint density at radius 2 is 2.13 bits per heavy atom. The molecule has 0 atom stereocenters. The molecule has 0 aromatic heterocycles. The van der Waals surface area contributed by atoms with Gasteiger partial charge in [-0.3, -0.25) is 0 Å². The van der Waals surface area contributed by atoms with Gasteiger partial charge in [0.25, 0.3) is 0 Å². The summed E-state index contributed by atoms with van der Waals surface area (Å²) in [5.74, 6) is 1.54. The third kappa shape index (κ3) is 2.18. The van der Waals surface area contributed by atoms with Gasteiger partial charge in [-0.2, -0.15) is 0 Å². The number of carbonyl (C=O) groups is 1. The lowest BCUT2D eigenvalue weighted by Gasteiger charge is -2.19. The van der Waals surface area contributed by atoms with E-state index in [0.29, 0.717) is 19.6 Å². The van der Waals surface area contributed by atoms with Gasteiger partial charge in [0.15, 0.2) is 11.5 Å². The zero-order valence-corrected chi connectivity index (χ0v) is 8.31. The minimum atomic E-state index is 0.421. The Bertz CT molecular complexity index is 382. The van der Waals surface area contributed by atoms with Gasteiger partial charge < -0.3 is 14.3 Å². The van der Waals surface area contributed by atoms with E-state index in [1.807, 2.05) is 24.3 Å². The highest BCUT2D eigenvalue weighted by molar-refractivity contribution is 5.65. The average molecular weight is 204 g/mol. The van der Waals surface area contributed by atoms with Crippen molar-refractivity contribution in [1.82, 2.24) is 0 Å². The van der Waals surface area contributed by atoms with Crippen molar-refractivity contribution >= 4 is 12.4 Å². The molecule has 1 aromatic rings. The molecule has 1 aromatic carbocycles. The van der Waals surface area contributed by atoms with E-state index in [-0.39, 0.29) is 0 Å². The van der Waals surface area contributed by atoms with Crippen LogP contribution in [0, 0.1) is 0 Å². The molecule has 0 amide bonds. The lowest BCUT2D eigenvalue weighted by molar-refractivity contribution is -0.107. The van der Waals surface area contributed by atoms with Crippen molar-refractivity contribution in [2.75, 3.05) is 13.2 Å². The van der Waals surface area contributed by atoms with Crippen molar-refractivity contribution in [1.29, 1.82) is 0 Å². The van der Waals surface area contributed by atoms with Crippen LogP contribution in [-0.4, -0.2) is 19.5 Å². The summed E-state index contributed by atoms with van der Waals surface area (Å²) in [7, 11) is 0. The van der Waals surface area contributed by atoms with Crippen molar-refractivity contribution in [2.24, 2.45) is 0 Å². The number of hydrogen-bond acceptors (Lipinski definition) is 3. The Labute approximate surface area is 88.3 Å². The molecule has 1 heterocycles. The Kier molecular flexibility index (Phi) is 3.02. The first-order valence-electron chi connectivity index (χ1n) is 4.90. The number of fused-ring (bicyclic) bond motifs is 1. The number of hydrogen-bond donors (Lipinski definition) is 0. The molecule has 0 N–H and O–H groups in total. The largest absolute Gasteiger partial charge is 0.486 e. The van der Waals surface area contributed by atoms with Crippen LogP contribution in [0.2, 0.25) is 0 Å². The summed E-state index contributed by atoms with van der Waals surface area (Å²) in [4.78, 5) is 10.2. The highest BCUT2D eigenvalue weighted by Crippen LogP contribution is 2.34. The third-order valence-electron chi connectivity index (χ3n) is 2.13. The monoisotopic (exact) mass is 204 g/mol. The number of ether oxygens (including phenoxy) is 2. The first-order chi connectivity index (χ1) is 7.42. The Hall–Kier alpha value is -1.77. The molecule has 78 valence electrons. The normalized spacial score (nSPS) is 14.1. The summed E-state index contributed by atoms with van der Waals surface area (Å²) in [6.07, 6.45) is 4.97. The molecule has 0 saturated carbocycles. The van der Waals surface area contributed by atoms with Crippen LogP contribution in [0.4, 0.5) is 0 Å². The molecule has 0 spiro atoms.